The molecule has 0 aromatic carbocycles. The number of aryl methyl sites for hydroxylation is 1. The minimum atomic E-state index is 0.0807. The van der Waals surface area contributed by atoms with Gasteiger partial charge in [0.2, 0.25) is 0 Å². The SMILES string of the molecule is CCCOCC(=O)Cc1ccn(C)n1. The molecule has 0 bridgehead atoms. The monoisotopic (exact) mass is 196 g/mol. The number of Topliss-reactive ketones (excluding diaryl/α,β-unsaturated/α-hetero) is 1. The van der Waals surface area contributed by atoms with Crippen molar-refractivity contribution < 1.29 is 9.53 Å². The zero-order valence-electron chi connectivity index (χ0n) is 8.69. The summed E-state index contributed by atoms with van der Waals surface area (Å²) in [5, 5.41) is 4.12. The summed E-state index contributed by atoms with van der Waals surface area (Å²) in [5.41, 5.74) is 0.803. The maximum absolute atomic E-state index is 11.3. The minimum absolute atomic E-state index is 0.0807. The third-order valence-corrected chi connectivity index (χ3v) is 1.76. The van der Waals surface area contributed by atoms with Gasteiger partial charge in [0.05, 0.1) is 12.1 Å². The Hall–Kier alpha value is -1.16. The molecule has 0 atom stereocenters. The van der Waals surface area contributed by atoms with Gasteiger partial charge in [-0.3, -0.25) is 9.48 Å². The number of carbonyl (C=O) groups is 1. The van der Waals surface area contributed by atoms with Gasteiger partial charge in [0.1, 0.15) is 6.61 Å². The second-order valence-corrected chi connectivity index (χ2v) is 3.25. The lowest BCUT2D eigenvalue weighted by molar-refractivity contribution is -0.122. The fourth-order valence-corrected chi connectivity index (χ4v) is 1.14. The maximum Gasteiger partial charge on any atom is 0.164 e. The molecule has 78 valence electrons. The van der Waals surface area contributed by atoms with Gasteiger partial charge in [-0.15, -0.1) is 0 Å². The second-order valence-electron chi connectivity index (χ2n) is 3.25. The van der Waals surface area contributed by atoms with Gasteiger partial charge in [-0.25, -0.2) is 0 Å². The zero-order chi connectivity index (χ0) is 10.4. The molecule has 0 unspecified atom stereocenters. The molecular weight excluding hydrogens is 180 g/mol. The molecule has 0 aliphatic heterocycles. The molecule has 0 saturated heterocycles. The van der Waals surface area contributed by atoms with Crippen LogP contribution in [0.1, 0.15) is 19.0 Å². The maximum atomic E-state index is 11.3. The number of hydrogen-bond acceptors (Lipinski definition) is 3. The van der Waals surface area contributed by atoms with E-state index < -0.39 is 0 Å². The number of ketones is 1. The highest BCUT2D eigenvalue weighted by molar-refractivity contribution is 5.81. The van der Waals surface area contributed by atoms with Crippen molar-refractivity contribution >= 4 is 5.78 Å². The number of aromatic nitrogens is 2. The van der Waals surface area contributed by atoms with Gasteiger partial charge in [-0.1, -0.05) is 6.92 Å². The lowest BCUT2D eigenvalue weighted by atomic mass is 10.2. The molecule has 0 aliphatic carbocycles. The quantitative estimate of drug-likeness (QED) is 0.636. The average Bonchev–Trinajstić information content (AvgIpc) is 2.52. The van der Waals surface area contributed by atoms with Gasteiger partial charge in [0.25, 0.3) is 0 Å². The summed E-state index contributed by atoms with van der Waals surface area (Å²) >= 11 is 0. The number of rotatable bonds is 6. The molecule has 14 heavy (non-hydrogen) atoms. The van der Waals surface area contributed by atoms with Crippen molar-refractivity contribution in [3.8, 4) is 0 Å². The van der Waals surface area contributed by atoms with Crippen LogP contribution in [0.3, 0.4) is 0 Å². The summed E-state index contributed by atoms with van der Waals surface area (Å²) in [6.45, 7) is 2.86. The predicted molar refractivity (Wildman–Crippen MR) is 53.0 cm³/mol. The molecule has 0 aliphatic rings. The smallest absolute Gasteiger partial charge is 0.164 e. The van der Waals surface area contributed by atoms with Crippen molar-refractivity contribution in [3.63, 3.8) is 0 Å². The summed E-state index contributed by atoms with van der Waals surface area (Å²) in [6.07, 6.45) is 3.14. The molecule has 0 radical (unpaired) electrons. The van der Waals surface area contributed by atoms with Crippen molar-refractivity contribution in [2.45, 2.75) is 19.8 Å². The van der Waals surface area contributed by atoms with E-state index in [1.54, 1.807) is 4.68 Å². The molecule has 1 aromatic rings. The number of carbonyl (C=O) groups excluding carboxylic acids is 1. The van der Waals surface area contributed by atoms with E-state index in [1.807, 2.05) is 26.2 Å². The standard InChI is InChI=1S/C10H16N2O2/c1-3-6-14-8-10(13)7-9-4-5-12(2)11-9/h4-5H,3,6-8H2,1-2H3. The van der Waals surface area contributed by atoms with Crippen molar-refractivity contribution in [2.75, 3.05) is 13.2 Å². The highest BCUT2D eigenvalue weighted by Crippen LogP contribution is 1.96. The van der Waals surface area contributed by atoms with E-state index in [-0.39, 0.29) is 12.4 Å². The Bertz CT molecular complexity index is 294. The normalized spacial score (nSPS) is 10.4. The second kappa shape index (κ2) is 5.54. The number of nitrogens with zero attached hydrogens (tertiary/aromatic N) is 2. The molecule has 0 fully saturated rings. The molecule has 0 saturated carbocycles. The van der Waals surface area contributed by atoms with Crippen LogP contribution in [0.5, 0.6) is 0 Å². The topological polar surface area (TPSA) is 44.1 Å². The van der Waals surface area contributed by atoms with Gasteiger partial charge >= 0.3 is 0 Å². The first-order chi connectivity index (χ1) is 6.72. The highest BCUT2D eigenvalue weighted by atomic mass is 16.5. The van der Waals surface area contributed by atoms with Crippen LogP contribution in [0, 0.1) is 0 Å². The first-order valence-corrected chi connectivity index (χ1v) is 4.80. The van der Waals surface area contributed by atoms with Crippen molar-refractivity contribution in [1.82, 2.24) is 9.78 Å². The van der Waals surface area contributed by atoms with Crippen LogP contribution in [-0.4, -0.2) is 28.8 Å². The van der Waals surface area contributed by atoms with Crippen LogP contribution in [0.15, 0.2) is 12.3 Å². The van der Waals surface area contributed by atoms with Gasteiger partial charge in [-0.05, 0) is 12.5 Å². The van der Waals surface area contributed by atoms with E-state index in [9.17, 15) is 4.79 Å². The summed E-state index contributed by atoms with van der Waals surface area (Å²) in [5.74, 6) is 0.0807. The average molecular weight is 196 g/mol. The Morgan fingerprint density at radius 1 is 1.64 bits per heavy atom. The van der Waals surface area contributed by atoms with E-state index in [4.69, 9.17) is 4.74 Å². The van der Waals surface area contributed by atoms with Gasteiger partial charge in [0, 0.05) is 19.9 Å². The van der Waals surface area contributed by atoms with Crippen LogP contribution >= 0.6 is 0 Å². The summed E-state index contributed by atoms with van der Waals surface area (Å²) in [4.78, 5) is 11.3. The van der Waals surface area contributed by atoms with Gasteiger partial charge in [-0.2, -0.15) is 5.10 Å². The molecule has 4 nitrogen and oxygen atoms in total. The Balaban J connectivity index is 2.27. The Labute approximate surface area is 83.9 Å². The zero-order valence-corrected chi connectivity index (χ0v) is 8.69. The molecule has 0 N–H and O–H groups in total. The summed E-state index contributed by atoms with van der Waals surface area (Å²) < 4.78 is 6.83. The Morgan fingerprint density at radius 3 is 3.00 bits per heavy atom. The predicted octanol–water partition coefficient (Wildman–Crippen LogP) is 0.958. The lowest BCUT2D eigenvalue weighted by Gasteiger charge is -1.99. The largest absolute Gasteiger partial charge is 0.374 e. The fraction of sp³-hybridized carbons (Fsp3) is 0.600. The van der Waals surface area contributed by atoms with E-state index >= 15 is 0 Å². The molecule has 0 spiro atoms. The molecule has 1 heterocycles. The van der Waals surface area contributed by atoms with Crippen molar-refractivity contribution in [3.05, 3.63) is 18.0 Å². The number of ether oxygens (including phenoxy) is 1. The fourth-order valence-electron chi connectivity index (χ4n) is 1.14. The summed E-state index contributed by atoms with van der Waals surface area (Å²) in [6, 6.07) is 1.84. The van der Waals surface area contributed by atoms with E-state index in [0.717, 1.165) is 12.1 Å². The Kier molecular flexibility index (Phi) is 4.32. The van der Waals surface area contributed by atoms with Crippen LogP contribution in [-0.2, 0) is 23.0 Å². The van der Waals surface area contributed by atoms with Gasteiger partial charge < -0.3 is 4.74 Å². The van der Waals surface area contributed by atoms with E-state index in [2.05, 4.69) is 5.10 Å². The first-order valence-electron chi connectivity index (χ1n) is 4.80. The summed E-state index contributed by atoms with van der Waals surface area (Å²) in [7, 11) is 1.83. The third kappa shape index (κ3) is 3.70. The number of hydrogen-bond donors (Lipinski definition) is 0. The van der Waals surface area contributed by atoms with Crippen LogP contribution in [0.2, 0.25) is 0 Å². The molecule has 1 aromatic heterocycles. The van der Waals surface area contributed by atoms with Crippen molar-refractivity contribution in [2.24, 2.45) is 7.05 Å². The third-order valence-electron chi connectivity index (χ3n) is 1.76. The first kappa shape index (κ1) is 10.9. The van der Waals surface area contributed by atoms with Crippen molar-refractivity contribution in [1.29, 1.82) is 0 Å². The van der Waals surface area contributed by atoms with Crippen LogP contribution < -0.4 is 0 Å². The lowest BCUT2D eigenvalue weighted by Crippen LogP contribution is -2.12. The van der Waals surface area contributed by atoms with E-state index in [1.165, 1.54) is 0 Å². The van der Waals surface area contributed by atoms with Crippen LogP contribution in [0.4, 0.5) is 0 Å². The van der Waals surface area contributed by atoms with Crippen LogP contribution in [0.25, 0.3) is 0 Å². The van der Waals surface area contributed by atoms with Gasteiger partial charge in [0.15, 0.2) is 5.78 Å². The highest BCUT2D eigenvalue weighted by Gasteiger charge is 2.05. The van der Waals surface area contributed by atoms with E-state index in [0.29, 0.717) is 13.0 Å². The molecule has 4 heteroatoms. The molecule has 0 amide bonds. The molecular formula is C10H16N2O2. The Morgan fingerprint density at radius 2 is 2.43 bits per heavy atom. The minimum Gasteiger partial charge on any atom is -0.374 e. The molecule has 1 rings (SSSR count).